The van der Waals surface area contributed by atoms with Crippen LogP contribution in [0.5, 0.6) is 0 Å². The van der Waals surface area contributed by atoms with Gasteiger partial charge in [0, 0.05) is 11.3 Å². The van der Waals surface area contributed by atoms with Gasteiger partial charge in [-0.25, -0.2) is 0 Å². The van der Waals surface area contributed by atoms with E-state index in [1.165, 1.54) is 6.42 Å². The van der Waals surface area contributed by atoms with Gasteiger partial charge in [0.1, 0.15) is 0 Å². The van der Waals surface area contributed by atoms with Gasteiger partial charge in [0.15, 0.2) is 0 Å². The van der Waals surface area contributed by atoms with Gasteiger partial charge in [0.2, 0.25) is 11.8 Å². The van der Waals surface area contributed by atoms with E-state index in [0.717, 1.165) is 38.6 Å². The molecule has 20 heavy (non-hydrogen) atoms. The highest BCUT2D eigenvalue weighted by Gasteiger charge is 2.42. The average molecular weight is 298 g/mol. The van der Waals surface area contributed by atoms with Gasteiger partial charge in [-0.2, -0.15) is 11.8 Å². The second kappa shape index (κ2) is 7.46. The fraction of sp³-hybridized carbons (Fsp3) is 0.867. The van der Waals surface area contributed by atoms with Gasteiger partial charge < -0.3 is 5.32 Å². The van der Waals surface area contributed by atoms with E-state index in [0.29, 0.717) is 11.7 Å². The van der Waals surface area contributed by atoms with Gasteiger partial charge in [0.05, 0.1) is 12.5 Å². The first-order valence-electron chi connectivity index (χ1n) is 7.75. The van der Waals surface area contributed by atoms with Crippen molar-refractivity contribution in [3.63, 3.8) is 0 Å². The standard InChI is InChI=1S/C15H26N2O2S/c1-11(20-2)8-9-16-13-10-14(18)17(15(13)19)12-6-4-3-5-7-12/h11-13,16H,3-10H2,1-2H3. The summed E-state index contributed by atoms with van der Waals surface area (Å²) >= 11 is 1.83. The first kappa shape index (κ1) is 15.8. The van der Waals surface area contributed by atoms with Crippen molar-refractivity contribution in [3.8, 4) is 0 Å². The van der Waals surface area contributed by atoms with Crippen LogP contribution in [0.25, 0.3) is 0 Å². The SMILES string of the molecule is CSC(C)CCNC1CC(=O)N(C2CCCCC2)C1=O. The van der Waals surface area contributed by atoms with E-state index in [1.807, 2.05) is 11.8 Å². The van der Waals surface area contributed by atoms with Crippen LogP contribution in [-0.2, 0) is 9.59 Å². The fourth-order valence-electron chi connectivity index (χ4n) is 3.11. The molecule has 1 N–H and O–H groups in total. The number of thioether (sulfide) groups is 1. The molecular weight excluding hydrogens is 272 g/mol. The molecule has 1 aliphatic carbocycles. The molecule has 1 saturated carbocycles. The van der Waals surface area contributed by atoms with Crippen LogP contribution >= 0.6 is 11.8 Å². The maximum Gasteiger partial charge on any atom is 0.247 e. The van der Waals surface area contributed by atoms with E-state index in [1.54, 1.807) is 4.90 Å². The Kier molecular flexibility index (Phi) is 5.90. The lowest BCUT2D eigenvalue weighted by Gasteiger charge is -2.29. The molecule has 0 bridgehead atoms. The fourth-order valence-corrected chi connectivity index (χ4v) is 3.47. The highest BCUT2D eigenvalue weighted by Crippen LogP contribution is 2.27. The minimum Gasteiger partial charge on any atom is -0.305 e. The molecule has 0 aromatic rings. The van der Waals surface area contributed by atoms with Crippen LogP contribution in [0.1, 0.15) is 51.9 Å². The number of nitrogens with one attached hydrogen (secondary N) is 1. The molecule has 2 aliphatic rings. The lowest BCUT2D eigenvalue weighted by molar-refractivity contribution is -0.142. The number of imide groups is 1. The number of carbonyl (C=O) groups excluding carboxylic acids is 2. The van der Waals surface area contributed by atoms with Crippen LogP contribution in [0.3, 0.4) is 0 Å². The van der Waals surface area contributed by atoms with Crippen LogP contribution in [-0.4, -0.2) is 46.8 Å². The van der Waals surface area contributed by atoms with Crippen molar-refractivity contribution in [1.29, 1.82) is 0 Å². The molecule has 2 atom stereocenters. The lowest BCUT2D eigenvalue weighted by atomic mass is 9.94. The molecule has 0 aromatic heterocycles. The Morgan fingerprint density at radius 2 is 2.00 bits per heavy atom. The maximum absolute atomic E-state index is 12.4. The van der Waals surface area contributed by atoms with E-state index in [4.69, 9.17) is 0 Å². The Morgan fingerprint density at radius 3 is 2.65 bits per heavy atom. The second-order valence-electron chi connectivity index (χ2n) is 5.94. The molecule has 1 saturated heterocycles. The molecule has 114 valence electrons. The highest BCUT2D eigenvalue weighted by atomic mass is 32.2. The third-order valence-corrected chi connectivity index (χ3v) is 5.51. The van der Waals surface area contributed by atoms with Gasteiger partial charge >= 0.3 is 0 Å². The predicted octanol–water partition coefficient (Wildman–Crippen LogP) is 2.18. The molecule has 0 aromatic carbocycles. The van der Waals surface area contributed by atoms with Gasteiger partial charge in [0.25, 0.3) is 0 Å². The highest BCUT2D eigenvalue weighted by molar-refractivity contribution is 7.99. The quantitative estimate of drug-likeness (QED) is 0.764. The Hall–Kier alpha value is -0.550. The summed E-state index contributed by atoms with van der Waals surface area (Å²) in [7, 11) is 0. The van der Waals surface area contributed by atoms with Crippen LogP contribution in [0, 0.1) is 0 Å². The summed E-state index contributed by atoms with van der Waals surface area (Å²) in [6, 6.07) is -0.112. The largest absolute Gasteiger partial charge is 0.305 e. The molecule has 2 unspecified atom stereocenters. The number of hydrogen-bond acceptors (Lipinski definition) is 4. The molecule has 2 fully saturated rings. The minimum atomic E-state index is -0.279. The summed E-state index contributed by atoms with van der Waals surface area (Å²) in [6.07, 6.45) is 8.99. The number of rotatable bonds is 6. The van der Waals surface area contributed by atoms with Crippen molar-refractivity contribution in [2.75, 3.05) is 12.8 Å². The molecule has 1 aliphatic heterocycles. The monoisotopic (exact) mass is 298 g/mol. The third kappa shape index (κ3) is 3.76. The summed E-state index contributed by atoms with van der Waals surface area (Å²) < 4.78 is 0. The van der Waals surface area contributed by atoms with E-state index >= 15 is 0 Å². The number of amides is 2. The molecule has 0 radical (unpaired) electrons. The maximum atomic E-state index is 12.4. The Bertz CT molecular complexity index is 356. The van der Waals surface area contributed by atoms with Gasteiger partial charge in [-0.3, -0.25) is 14.5 Å². The average Bonchev–Trinajstić information content (AvgIpc) is 2.74. The molecule has 2 amide bonds. The molecule has 1 heterocycles. The summed E-state index contributed by atoms with van der Waals surface area (Å²) in [4.78, 5) is 26.1. The van der Waals surface area contributed by atoms with Crippen molar-refractivity contribution in [2.24, 2.45) is 0 Å². The topological polar surface area (TPSA) is 49.4 Å². The normalized spacial score (nSPS) is 26.3. The van der Waals surface area contributed by atoms with Crippen LogP contribution < -0.4 is 5.32 Å². The predicted molar refractivity (Wildman–Crippen MR) is 82.7 cm³/mol. The van der Waals surface area contributed by atoms with E-state index in [2.05, 4.69) is 18.5 Å². The molecule has 5 heteroatoms. The number of carbonyl (C=O) groups is 2. The van der Waals surface area contributed by atoms with Crippen molar-refractivity contribution < 1.29 is 9.59 Å². The molecular formula is C15H26N2O2S. The van der Waals surface area contributed by atoms with Crippen molar-refractivity contribution in [1.82, 2.24) is 10.2 Å². The zero-order chi connectivity index (χ0) is 14.5. The second-order valence-corrected chi connectivity index (χ2v) is 7.22. The minimum absolute atomic E-state index is 0.0127. The van der Waals surface area contributed by atoms with E-state index < -0.39 is 0 Å². The summed E-state index contributed by atoms with van der Waals surface area (Å²) in [5.74, 6) is 0.0380. The van der Waals surface area contributed by atoms with Gasteiger partial charge in [-0.15, -0.1) is 0 Å². The molecule has 0 spiro atoms. The van der Waals surface area contributed by atoms with Crippen LogP contribution in [0.4, 0.5) is 0 Å². The first-order valence-corrected chi connectivity index (χ1v) is 9.04. The zero-order valence-corrected chi connectivity index (χ0v) is 13.4. The van der Waals surface area contributed by atoms with E-state index in [-0.39, 0.29) is 23.9 Å². The smallest absolute Gasteiger partial charge is 0.247 e. The van der Waals surface area contributed by atoms with Crippen molar-refractivity contribution in [3.05, 3.63) is 0 Å². The van der Waals surface area contributed by atoms with Gasteiger partial charge in [-0.05, 0) is 32.1 Å². The summed E-state index contributed by atoms with van der Waals surface area (Å²) in [6.45, 7) is 2.99. The third-order valence-electron chi connectivity index (χ3n) is 4.47. The zero-order valence-electron chi connectivity index (χ0n) is 12.6. The Balaban J connectivity index is 1.84. The summed E-state index contributed by atoms with van der Waals surface area (Å²) in [5, 5.41) is 3.86. The molecule has 2 rings (SSSR count). The van der Waals surface area contributed by atoms with Crippen molar-refractivity contribution >= 4 is 23.6 Å². The number of nitrogens with zero attached hydrogens (tertiary/aromatic N) is 1. The van der Waals surface area contributed by atoms with Crippen LogP contribution in [0.15, 0.2) is 0 Å². The Morgan fingerprint density at radius 1 is 1.30 bits per heavy atom. The summed E-state index contributed by atoms with van der Waals surface area (Å²) in [5.41, 5.74) is 0. The first-order chi connectivity index (χ1) is 9.63. The van der Waals surface area contributed by atoms with E-state index in [9.17, 15) is 9.59 Å². The lowest BCUT2D eigenvalue weighted by Crippen LogP contribution is -2.45. The molecule has 4 nitrogen and oxygen atoms in total. The van der Waals surface area contributed by atoms with Crippen molar-refractivity contribution in [2.45, 2.75) is 69.2 Å². The number of hydrogen-bond donors (Lipinski definition) is 1. The van der Waals surface area contributed by atoms with Crippen LogP contribution in [0.2, 0.25) is 0 Å². The Labute approximate surface area is 126 Å². The number of likely N-dealkylation sites (tertiary alicyclic amines) is 1. The van der Waals surface area contributed by atoms with Gasteiger partial charge in [-0.1, -0.05) is 26.2 Å².